The molecule has 2 aromatic rings. The first kappa shape index (κ1) is 9.78. The number of halogens is 2. The maximum atomic E-state index is 13.3. The van der Waals surface area contributed by atoms with Gasteiger partial charge in [-0.2, -0.15) is 5.10 Å². The summed E-state index contributed by atoms with van der Waals surface area (Å²) >= 11 is 4.77. The Bertz CT molecular complexity index is 560. The minimum absolute atomic E-state index is 0.0891. The molecule has 0 amide bonds. The molecule has 7 heteroatoms. The standard InChI is InChI=1S/C8H6F2N4S/c9-4-1-2-5(6(10)3-4)7-12-13-8(15)14(7)11/h1-3H,11H2,(H,13,15). The molecule has 0 fully saturated rings. The highest BCUT2D eigenvalue weighted by Gasteiger charge is 2.12. The van der Waals surface area contributed by atoms with Crippen LogP contribution in [-0.4, -0.2) is 14.9 Å². The number of rotatable bonds is 1. The number of nitrogens with one attached hydrogen (secondary N) is 1. The zero-order chi connectivity index (χ0) is 11.0. The number of H-pyrrole nitrogens is 1. The van der Waals surface area contributed by atoms with Crippen LogP contribution in [0.5, 0.6) is 0 Å². The van der Waals surface area contributed by atoms with Crippen molar-refractivity contribution in [1.82, 2.24) is 14.9 Å². The van der Waals surface area contributed by atoms with Crippen LogP contribution >= 0.6 is 12.2 Å². The highest BCUT2D eigenvalue weighted by atomic mass is 32.1. The lowest BCUT2D eigenvalue weighted by molar-refractivity contribution is 0.584. The number of aromatic nitrogens is 3. The van der Waals surface area contributed by atoms with Gasteiger partial charge in [0.05, 0.1) is 5.56 Å². The van der Waals surface area contributed by atoms with E-state index in [1.54, 1.807) is 0 Å². The average Bonchev–Trinajstić information content (AvgIpc) is 2.49. The molecule has 3 N–H and O–H groups in total. The second-order valence-electron chi connectivity index (χ2n) is 2.85. The van der Waals surface area contributed by atoms with Crippen molar-refractivity contribution in [2.75, 3.05) is 5.84 Å². The Kier molecular flexibility index (Phi) is 2.24. The zero-order valence-electron chi connectivity index (χ0n) is 7.37. The monoisotopic (exact) mass is 228 g/mol. The van der Waals surface area contributed by atoms with Crippen molar-refractivity contribution >= 4 is 12.2 Å². The van der Waals surface area contributed by atoms with Gasteiger partial charge >= 0.3 is 0 Å². The van der Waals surface area contributed by atoms with Gasteiger partial charge < -0.3 is 5.84 Å². The summed E-state index contributed by atoms with van der Waals surface area (Å²) in [5.41, 5.74) is 0.0891. The summed E-state index contributed by atoms with van der Waals surface area (Å²) in [7, 11) is 0. The van der Waals surface area contributed by atoms with Crippen LogP contribution in [0.4, 0.5) is 8.78 Å². The van der Waals surface area contributed by atoms with Gasteiger partial charge in [-0.3, -0.25) is 0 Å². The molecule has 0 atom stereocenters. The largest absolute Gasteiger partial charge is 0.335 e. The quantitative estimate of drug-likeness (QED) is 0.575. The highest BCUT2D eigenvalue weighted by molar-refractivity contribution is 7.71. The zero-order valence-corrected chi connectivity index (χ0v) is 8.18. The number of nitrogen functional groups attached to an aromatic ring is 1. The topological polar surface area (TPSA) is 59.6 Å². The Balaban J connectivity index is 2.64. The molecule has 4 nitrogen and oxygen atoms in total. The number of hydrogen-bond acceptors (Lipinski definition) is 3. The first-order valence-electron chi connectivity index (χ1n) is 3.97. The van der Waals surface area contributed by atoms with E-state index in [9.17, 15) is 8.78 Å². The minimum Gasteiger partial charge on any atom is -0.335 e. The Morgan fingerprint density at radius 2 is 2.13 bits per heavy atom. The Morgan fingerprint density at radius 3 is 2.67 bits per heavy atom. The summed E-state index contributed by atoms with van der Waals surface area (Å²) in [5.74, 6) is 4.22. The molecule has 0 aliphatic heterocycles. The van der Waals surface area contributed by atoms with Gasteiger partial charge in [-0.1, -0.05) is 0 Å². The SMILES string of the molecule is Nn1c(-c2ccc(F)cc2F)n[nH]c1=S. The van der Waals surface area contributed by atoms with E-state index in [0.717, 1.165) is 16.8 Å². The number of benzene rings is 1. The van der Waals surface area contributed by atoms with Crippen molar-refractivity contribution in [3.8, 4) is 11.4 Å². The number of nitrogens with two attached hydrogens (primary N) is 1. The summed E-state index contributed by atoms with van der Waals surface area (Å²) in [6.45, 7) is 0. The maximum Gasteiger partial charge on any atom is 0.214 e. The molecule has 78 valence electrons. The van der Waals surface area contributed by atoms with Crippen molar-refractivity contribution in [2.24, 2.45) is 0 Å². The molecule has 0 spiro atoms. The van der Waals surface area contributed by atoms with E-state index in [4.69, 9.17) is 18.1 Å². The third-order valence-corrected chi connectivity index (χ3v) is 2.16. The molecule has 1 heterocycles. The lowest BCUT2D eigenvalue weighted by Gasteiger charge is -2.01. The molecular weight excluding hydrogens is 222 g/mol. The first-order valence-corrected chi connectivity index (χ1v) is 4.38. The van der Waals surface area contributed by atoms with Gasteiger partial charge in [-0.15, -0.1) is 0 Å². The predicted octanol–water partition coefficient (Wildman–Crippen LogP) is 1.60. The summed E-state index contributed by atoms with van der Waals surface area (Å²) in [6.07, 6.45) is 0. The van der Waals surface area contributed by atoms with Crippen LogP contribution in [-0.2, 0) is 0 Å². The molecule has 1 aromatic heterocycles. The molecule has 1 aromatic carbocycles. The number of hydrogen-bond donors (Lipinski definition) is 2. The Hall–Kier alpha value is -1.76. The molecule has 0 unspecified atom stereocenters. The van der Waals surface area contributed by atoms with E-state index < -0.39 is 11.6 Å². The lowest BCUT2D eigenvalue weighted by Crippen LogP contribution is -2.10. The number of aromatic amines is 1. The Morgan fingerprint density at radius 1 is 1.40 bits per heavy atom. The molecule has 0 bridgehead atoms. The summed E-state index contributed by atoms with van der Waals surface area (Å²) in [5, 5.41) is 6.14. The van der Waals surface area contributed by atoms with Crippen LogP contribution in [0.3, 0.4) is 0 Å². The second kappa shape index (κ2) is 3.43. The van der Waals surface area contributed by atoms with Gasteiger partial charge in [0.25, 0.3) is 0 Å². The van der Waals surface area contributed by atoms with Gasteiger partial charge in [-0.25, -0.2) is 18.6 Å². The fourth-order valence-corrected chi connectivity index (χ4v) is 1.30. The highest BCUT2D eigenvalue weighted by Crippen LogP contribution is 2.20. The molecule has 2 rings (SSSR count). The second-order valence-corrected chi connectivity index (χ2v) is 3.23. The minimum atomic E-state index is -0.740. The summed E-state index contributed by atoms with van der Waals surface area (Å²) in [6, 6.07) is 3.13. The molecule has 0 aliphatic rings. The van der Waals surface area contributed by atoms with Gasteiger partial charge in [0.1, 0.15) is 11.6 Å². The van der Waals surface area contributed by atoms with E-state index in [0.29, 0.717) is 0 Å². The first-order chi connectivity index (χ1) is 7.09. The van der Waals surface area contributed by atoms with Crippen molar-refractivity contribution < 1.29 is 8.78 Å². The molecule has 0 saturated carbocycles. The van der Waals surface area contributed by atoms with E-state index in [2.05, 4.69) is 10.2 Å². The summed E-state index contributed by atoms with van der Waals surface area (Å²) < 4.78 is 27.2. The van der Waals surface area contributed by atoms with Gasteiger partial charge in [0, 0.05) is 6.07 Å². The molecule has 0 saturated heterocycles. The molecule has 0 radical (unpaired) electrons. The van der Waals surface area contributed by atoms with Crippen LogP contribution in [0.2, 0.25) is 0 Å². The number of nitrogens with zero attached hydrogens (tertiary/aromatic N) is 2. The van der Waals surface area contributed by atoms with Crippen LogP contribution in [0.25, 0.3) is 11.4 Å². The predicted molar refractivity (Wildman–Crippen MR) is 52.9 cm³/mol. The third kappa shape index (κ3) is 1.61. The van der Waals surface area contributed by atoms with E-state index in [-0.39, 0.29) is 16.2 Å². The normalized spacial score (nSPS) is 10.5. The van der Waals surface area contributed by atoms with Crippen molar-refractivity contribution in [3.63, 3.8) is 0 Å². The fraction of sp³-hybridized carbons (Fsp3) is 0. The van der Waals surface area contributed by atoms with Crippen LogP contribution in [0.1, 0.15) is 0 Å². The van der Waals surface area contributed by atoms with Crippen LogP contribution in [0, 0.1) is 16.4 Å². The molecule has 15 heavy (non-hydrogen) atoms. The van der Waals surface area contributed by atoms with E-state index >= 15 is 0 Å². The van der Waals surface area contributed by atoms with E-state index in [1.165, 1.54) is 6.07 Å². The van der Waals surface area contributed by atoms with Crippen LogP contribution < -0.4 is 5.84 Å². The average molecular weight is 228 g/mol. The van der Waals surface area contributed by atoms with Crippen molar-refractivity contribution in [1.29, 1.82) is 0 Å². The van der Waals surface area contributed by atoms with Crippen LogP contribution in [0.15, 0.2) is 18.2 Å². The van der Waals surface area contributed by atoms with E-state index in [1.807, 2.05) is 0 Å². The van der Waals surface area contributed by atoms with Gasteiger partial charge in [-0.05, 0) is 24.4 Å². The van der Waals surface area contributed by atoms with Gasteiger partial charge in [0.15, 0.2) is 5.82 Å². The maximum absolute atomic E-state index is 13.3. The molecule has 0 aliphatic carbocycles. The third-order valence-electron chi connectivity index (χ3n) is 1.88. The summed E-state index contributed by atoms with van der Waals surface area (Å²) in [4.78, 5) is 0. The van der Waals surface area contributed by atoms with Crippen molar-refractivity contribution in [2.45, 2.75) is 0 Å². The molecular formula is C8H6F2N4S. The van der Waals surface area contributed by atoms with Gasteiger partial charge in [0.2, 0.25) is 4.77 Å². The smallest absolute Gasteiger partial charge is 0.214 e. The Labute approximate surface area is 88.3 Å². The van der Waals surface area contributed by atoms with Crippen molar-refractivity contribution in [3.05, 3.63) is 34.6 Å². The lowest BCUT2D eigenvalue weighted by atomic mass is 10.2. The fourth-order valence-electron chi connectivity index (χ4n) is 1.17.